The van der Waals surface area contributed by atoms with Gasteiger partial charge in [-0.15, -0.1) is 0 Å². The van der Waals surface area contributed by atoms with Gasteiger partial charge in [0.05, 0.1) is 3.58 Å². The fourth-order valence-electron chi connectivity index (χ4n) is 0.552. The van der Waals surface area contributed by atoms with Crippen LogP contribution >= 0.6 is 22.6 Å². The van der Waals surface area contributed by atoms with Crippen molar-refractivity contribution >= 4 is 34.3 Å². The summed E-state index contributed by atoms with van der Waals surface area (Å²) in [6.07, 6.45) is 0. The molecule has 3 nitrogen and oxygen atoms in total. The Kier molecular flexibility index (Phi) is 1.56. The lowest BCUT2D eigenvalue weighted by Gasteiger charge is -1.87. The number of hydrogen-bond donors (Lipinski definition) is 1. The molecular weight excluding hydrogens is 233 g/mol. The Morgan fingerprint density at radius 2 is 2.00 bits per heavy atom. The minimum absolute atomic E-state index is 0.423. The Hall–Kier alpha value is -0.390. The van der Waals surface area contributed by atoms with E-state index in [-0.39, 0.29) is 0 Å². The van der Waals surface area contributed by atoms with Gasteiger partial charge in [0, 0.05) is 5.70 Å². The largest absolute Gasteiger partial charge is 0.322 e. The number of halogens is 1. The zero-order valence-corrected chi connectivity index (χ0v) is 6.85. The highest BCUT2D eigenvalue weighted by Gasteiger charge is 2.25. The summed E-state index contributed by atoms with van der Waals surface area (Å²) in [5.74, 6) is -0.940. The summed E-state index contributed by atoms with van der Waals surface area (Å²) >= 11 is 1.85. The lowest BCUT2D eigenvalue weighted by Crippen LogP contribution is -2.20. The van der Waals surface area contributed by atoms with Crippen LogP contribution in [-0.4, -0.2) is 11.7 Å². The van der Waals surface area contributed by atoms with Gasteiger partial charge >= 0.3 is 0 Å². The maximum atomic E-state index is 10.6. The van der Waals surface area contributed by atoms with Gasteiger partial charge in [0.15, 0.2) is 0 Å². The molecule has 0 unspecified atom stereocenters. The van der Waals surface area contributed by atoms with Gasteiger partial charge in [-0.2, -0.15) is 0 Å². The third kappa shape index (κ3) is 0.983. The molecule has 0 spiro atoms. The van der Waals surface area contributed by atoms with E-state index in [0.29, 0.717) is 9.28 Å². The van der Waals surface area contributed by atoms with Gasteiger partial charge in [0.2, 0.25) is 0 Å². The van der Waals surface area contributed by atoms with Gasteiger partial charge < -0.3 is 5.32 Å². The Morgan fingerprint density at radius 1 is 1.44 bits per heavy atom. The number of nitrogens with one attached hydrogen (secondary N) is 1. The van der Waals surface area contributed by atoms with Gasteiger partial charge in [-0.25, -0.2) is 0 Å². The second-order valence-corrected chi connectivity index (χ2v) is 2.80. The molecule has 1 rings (SSSR count). The van der Waals surface area contributed by atoms with Crippen LogP contribution in [-0.2, 0) is 9.59 Å². The lowest BCUT2D eigenvalue weighted by molar-refractivity contribution is -0.133. The molecule has 0 radical (unpaired) electrons. The van der Waals surface area contributed by atoms with E-state index in [9.17, 15) is 9.59 Å². The first-order chi connectivity index (χ1) is 4.13. The van der Waals surface area contributed by atoms with Crippen LogP contribution < -0.4 is 5.32 Å². The van der Waals surface area contributed by atoms with Gasteiger partial charge in [0.1, 0.15) is 0 Å². The van der Waals surface area contributed by atoms with Crippen LogP contribution in [0, 0.1) is 0 Å². The average molecular weight is 237 g/mol. The van der Waals surface area contributed by atoms with Crippen molar-refractivity contribution in [2.75, 3.05) is 0 Å². The number of carbonyl (C=O) groups is 2. The molecule has 1 heterocycles. The molecule has 1 aliphatic rings. The van der Waals surface area contributed by atoms with E-state index in [1.165, 1.54) is 0 Å². The highest BCUT2D eigenvalue weighted by Crippen LogP contribution is 2.16. The molecule has 4 heteroatoms. The van der Waals surface area contributed by atoms with Crippen LogP contribution in [0.2, 0.25) is 0 Å². The summed E-state index contributed by atoms with van der Waals surface area (Å²) in [7, 11) is 0. The first-order valence-electron chi connectivity index (χ1n) is 2.35. The molecule has 0 aromatic carbocycles. The summed E-state index contributed by atoms with van der Waals surface area (Å²) in [5.41, 5.74) is 0.658. The summed E-state index contributed by atoms with van der Waals surface area (Å²) in [5, 5.41) is 2.40. The van der Waals surface area contributed by atoms with Crippen LogP contribution in [0.5, 0.6) is 0 Å². The maximum Gasteiger partial charge on any atom is 0.297 e. The first kappa shape index (κ1) is 6.73. The maximum absolute atomic E-state index is 10.6. The van der Waals surface area contributed by atoms with Crippen molar-refractivity contribution in [1.29, 1.82) is 0 Å². The van der Waals surface area contributed by atoms with E-state index in [1.54, 1.807) is 6.92 Å². The predicted octanol–water partition coefficient (Wildman–Crippen LogP) is 0.352. The zero-order valence-electron chi connectivity index (χ0n) is 4.69. The molecule has 0 saturated carbocycles. The van der Waals surface area contributed by atoms with Crippen molar-refractivity contribution in [3.8, 4) is 0 Å². The Morgan fingerprint density at radius 3 is 2.11 bits per heavy atom. The summed E-state index contributed by atoms with van der Waals surface area (Å²) < 4.78 is 0.498. The molecular formula is C5H4INO2. The monoisotopic (exact) mass is 237 g/mol. The van der Waals surface area contributed by atoms with Gasteiger partial charge in [-0.1, -0.05) is 0 Å². The van der Waals surface area contributed by atoms with Crippen molar-refractivity contribution in [1.82, 2.24) is 5.32 Å². The minimum Gasteiger partial charge on any atom is -0.322 e. The van der Waals surface area contributed by atoms with E-state index < -0.39 is 11.7 Å². The van der Waals surface area contributed by atoms with Crippen molar-refractivity contribution in [3.05, 3.63) is 9.28 Å². The van der Waals surface area contributed by atoms with Crippen molar-refractivity contribution in [2.24, 2.45) is 0 Å². The molecule has 9 heavy (non-hydrogen) atoms. The van der Waals surface area contributed by atoms with E-state index in [1.807, 2.05) is 22.6 Å². The predicted molar refractivity (Wildman–Crippen MR) is 39.9 cm³/mol. The fourth-order valence-corrected chi connectivity index (χ4v) is 0.932. The van der Waals surface area contributed by atoms with Gasteiger partial charge in [-0.3, -0.25) is 9.59 Å². The van der Waals surface area contributed by atoms with E-state index in [2.05, 4.69) is 5.32 Å². The number of allylic oxidation sites excluding steroid dienone is 1. The van der Waals surface area contributed by atoms with Crippen molar-refractivity contribution in [3.63, 3.8) is 0 Å². The molecule has 1 aliphatic heterocycles. The molecule has 0 aromatic heterocycles. The SMILES string of the molecule is CC1=C(I)C(=O)C(=O)N1. The zero-order chi connectivity index (χ0) is 7.02. The average Bonchev–Trinajstić information content (AvgIpc) is 1.98. The molecule has 1 N–H and O–H groups in total. The van der Waals surface area contributed by atoms with Crippen LogP contribution in [0.1, 0.15) is 6.92 Å². The molecule has 0 aromatic rings. The minimum atomic E-state index is -0.517. The molecule has 48 valence electrons. The highest BCUT2D eigenvalue weighted by molar-refractivity contribution is 14.1. The Bertz CT molecular complexity index is 216. The summed E-state index contributed by atoms with van der Waals surface area (Å²) in [4.78, 5) is 21.1. The normalized spacial score (nSPS) is 18.9. The molecule has 0 bridgehead atoms. The third-order valence-electron chi connectivity index (χ3n) is 1.04. The van der Waals surface area contributed by atoms with Crippen molar-refractivity contribution < 1.29 is 9.59 Å². The quantitative estimate of drug-likeness (QED) is 0.488. The second-order valence-electron chi connectivity index (χ2n) is 1.72. The Balaban J connectivity index is 3.01. The van der Waals surface area contributed by atoms with Crippen LogP contribution in [0.3, 0.4) is 0 Å². The molecule has 1 amide bonds. The van der Waals surface area contributed by atoms with Crippen molar-refractivity contribution in [2.45, 2.75) is 6.92 Å². The van der Waals surface area contributed by atoms with Crippen LogP contribution in [0.4, 0.5) is 0 Å². The number of Topliss-reactive ketones (excluding diaryl/α,β-unsaturated/α-hetero) is 1. The smallest absolute Gasteiger partial charge is 0.297 e. The summed E-state index contributed by atoms with van der Waals surface area (Å²) in [6, 6.07) is 0. The number of hydrogen-bond acceptors (Lipinski definition) is 2. The summed E-state index contributed by atoms with van der Waals surface area (Å²) in [6.45, 7) is 1.70. The Labute approximate surface area is 65.6 Å². The number of amides is 1. The van der Waals surface area contributed by atoms with Crippen LogP contribution in [0.25, 0.3) is 0 Å². The topological polar surface area (TPSA) is 46.2 Å². The number of rotatable bonds is 0. The van der Waals surface area contributed by atoms with Crippen LogP contribution in [0.15, 0.2) is 9.28 Å². The van der Waals surface area contributed by atoms with Gasteiger partial charge in [-0.05, 0) is 29.5 Å². The number of ketones is 1. The molecule has 0 aliphatic carbocycles. The van der Waals surface area contributed by atoms with E-state index in [4.69, 9.17) is 0 Å². The second kappa shape index (κ2) is 2.09. The fraction of sp³-hybridized carbons (Fsp3) is 0.200. The van der Waals surface area contributed by atoms with Gasteiger partial charge in [0.25, 0.3) is 11.7 Å². The third-order valence-corrected chi connectivity index (χ3v) is 2.33. The molecule has 0 fully saturated rings. The highest BCUT2D eigenvalue weighted by atomic mass is 127. The molecule has 0 atom stereocenters. The first-order valence-corrected chi connectivity index (χ1v) is 3.43. The lowest BCUT2D eigenvalue weighted by atomic mass is 10.4. The van der Waals surface area contributed by atoms with E-state index >= 15 is 0 Å². The van der Waals surface area contributed by atoms with E-state index in [0.717, 1.165) is 0 Å². The standard InChI is InChI=1S/C5H4INO2/c1-2-3(6)4(8)5(9)7-2/h1H3,(H,7,8,9). The molecule has 0 saturated heterocycles. The number of carbonyl (C=O) groups excluding carboxylic acids is 2.